The van der Waals surface area contributed by atoms with Crippen molar-refractivity contribution in [2.24, 2.45) is 10.2 Å². The lowest BCUT2D eigenvalue weighted by atomic mass is 10.1. The summed E-state index contributed by atoms with van der Waals surface area (Å²) in [6.45, 7) is 0.552. The van der Waals surface area contributed by atoms with Gasteiger partial charge in [0.15, 0.2) is 5.84 Å². The molecule has 0 fully saturated rings. The van der Waals surface area contributed by atoms with Gasteiger partial charge in [-0.15, -0.1) is 0 Å². The first kappa shape index (κ1) is 10.6. The van der Waals surface area contributed by atoms with Crippen molar-refractivity contribution in [3.8, 4) is 0 Å². The third-order valence-electron chi connectivity index (χ3n) is 2.56. The summed E-state index contributed by atoms with van der Waals surface area (Å²) >= 11 is 12.2. The van der Waals surface area contributed by atoms with E-state index in [0.29, 0.717) is 22.6 Å². The fourth-order valence-corrected chi connectivity index (χ4v) is 2.13. The van der Waals surface area contributed by atoms with E-state index >= 15 is 0 Å². The molecule has 0 amide bonds. The normalized spacial score (nSPS) is 18.0. The fraction of sp³-hybridized carbons (Fsp3) is 0.0909. The number of benzene rings is 1. The number of rotatable bonds is 1. The minimum Gasteiger partial charge on any atom is -0.286 e. The van der Waals surface area contributed by atoms with Gasteiger partial charge >= 0.3 is 0 Å². The van der Waals surface area contributed by atoms with Gasteiger partial charge in [-0.3, -0.25) is 5.43 Å². The van der Waals surface area contributed by atoms with E-state index in [1.165, 1.54) is 0 Å². The van der Waals surface area contributed by atoms with Crippen LogP contribution in [-0.4, -0.2) is 23.7 Å². The van der Waals surface area contributed by atoms with Crippen molar-refractivity contribution in [3.05, 3.63) is 39.9 Å². The van der Waals surface area contributed by atoms with Crippen molar-refractivity contribution in [1.82, 2.24) is 10.4 Å². The highest BCUT2D eigenvalue weighted by molar-refractivity contribution is 6.50. The Balaban J connectivity index is 2.06. The highest BCUT2D eigenvalue weighted by Gasteiger charge is 2.25. The molecule has 1 N–H and O–H groups in total. The van der Waals surface area contributed by atoms with Crippen LogP contribution in [0.5, 0.6) is 0 Å². The molecule has 0 radical (unpaired) electrons. The highest BCUT2D eigenvalue weighted by Crippen LogP contribution is 2.27. The predicted octanol–water partition coefficient (Wildman–Crippen LogP) is 2.47. The first-order valence-electron chi connectivity index (χ1n) is 5.04. The number of hydrogen-bond acceptors (Lipinski definition) is 4. The highest BCUT2D eigenvalue weighted by atomic mass is 35.5. The third kappa shape index (κ3) is 1.79. The van der Waals surface area contributed by atoms with E-state index in [1.807, 2.05) is 24.3 Å². The van der Waals surface area contributed by atoms with Gasteiger partial charge in [0.2, 0.25) is 0 Å². The minimum atomic E-state index is 0.552. The molecule has 0 atom stereocenters. The molecule has 17 heavy (non-hydrogen) atoms. The van der Waals surface area contributed by atoms with E-state index in [4.69, 9.17) is 23.2 Å². The molecule has 86 valence electrons. The molecule has 0 bridgehead atoms. The Labute approximate surface area is 108 Å². The first-order valence-corrected chi connectivity index (χ1v) is 5.79. The maximum absolute atomic E-state index is 6.30. The van der Waals surface area contributed by atoms with Gasteiger partial charge in [-0.05, 0) is 17.7 Å². The van der Waals surface area contributed by atoms with Crippen LogP contribution in [0.4, 0.5) is 0 Å². The molecule has 6 heteroatoms. The summed E-state index contributed by atoms with van der Waals surface area (Å²) < 4.78 is 0. The van der Waals surface area contributed by atoms with E-state index in [0.717, 1.165) is 11.1 Å². The smallest absolute Gasteiger partial charge is 0.189 e. The van der Waals surface area contributed by atoms with Crippen molar-refractivity contribution in [2.45, 2.75) is 0 Å². The number of allylic oxidation sites excluding steroid dienone is 1. The summed E-state index contributed by atoms with van der Waals surface area (Å²) in [7, 11) is 0. The van der Waals surface area contributed by atoms with Crippen LogP contribution in [-0.2, 0) is 0 Å². The number of fused-ring (bicyclic) bond motifs is 1. The maximum Gasteiger partial charge on any atom is 0.189 e. The Bertz CT molecular complexity index is 545. The summed E-state index contributed by atoms with van der Waals surface area (Å²) in [4.78, 5) is 0. The van der Waals surface area contributed by atoms with Gasteiger partial charge in [0.25, 0.3) is 0 Å². The number of amidine groups is 1. The molecule has 4 nitrogen and oxygen atoms in total. The van der Waals surface area contributed by atoms with Gasteiger partial charge in [-0.1, -0.05) is 35.3 Å². The summed E-state index contributed by atoms with van der Waals surface area (Å²) in [5, 5.41) is 11.4. The Morgan fingerprint density at radius 3 is 2.71 bits per heavy atom. The van der Waals surface area contributed by atoms with Crippen LogP contribution in [0.15, 0.2) is 39.5 Å². The number of hydrogen-bond donors (Lipinski definition) is 1. The summed E-state index contributed by atoms with van der Waals surface area (Å²) in [6.07, 6.45) is 1.73. The van der Waals surface area contributed by atoms with Gasteiger partial charge in [0, 0.05) is 10.6 Å². The topological polar surface area (TPSA) is 40.0 Å². The molecule has 2 aliphatic heterocycles. The minimum absolute atomic E-state index is 0.552. The summed E-state index contributed by atoms with van der Waals surface area (Å²) in [6, 6.07) is 7.46. The van der Waals surface area contributed by atoms with Crippen LogP contribution in [0.1, 0.15) is 5.56 Å². The SMILES string of the molecule is ClC1=C(c2ccc(Cl)cc2)C=NN2CNN=C12. The number of nitrogens with zero attached hydrogens (tertiary/aromatic N) is 3. The van der Waals surface area contributed by atoms with Gasteiger partial charge in [-0.2, -0.15) is 10.2 Å². The molecule has 2 aliphatic rings. The van der Waals surface area contributed by atoms with Crippen molar-refractivity contribution in [2.75, 3.05) is 6.67 Å². The van der Waals surface area contributed by atoms with Gasteiger partial charge < -0.3 is 0 Å². The molecule has 1 aromatic rings. The third-order valence-corrected chi connectivity index (χ3v) is 3.19. The molecule has 0 saturated carbocycles. The maximum atomic E-state index is 6.30. The van der Waals surface area contributed by atoms with Gasteiger partial charge in [-0.25, -0.2) is 5.01 Å². The predicted molar refractivity (Wildman–Crippen MR) is 70.0 cm³/mol. The number of nitrogens with one attached hydrogen (secondary N) is 1. The molecule has 0 aliphatic carbocycles. The van der Waals surface area contributed by atoms with Crippen molar-refractivity contribution >= 4 is 40.8 Å². The van der Waals surface area contributed by atoms with Gasteiger partial charge in [0.05, 0.1) is 11.2 Å². The average molecular weight is 267 g/mol. The lowest BCUT2D eigenvalue weighted by molar-refractivity contribution is 0.452. The molecular formula is C11H8Cl2N4. The zero-order valence-electron chi connectivity index (χ0n) is 8.69. The van der Waals surface area contributed by atoms with Crippen molar-refractivity contribution in [1.29, 1.82) is 0 Å². The molecule has 0 saturated heterocycles. The van der Waals surface area contributed by atoms with Crippen LogP contribution in [0.2, 0.25) is 5.02 Å². The Morgan fingerprint density at radius 1 is 1.18 bits per heavy atom. The van der Waals surface area contributed by atoms with E-state index in [1.54, 1.807) is 11.2 Å². The quantitative estimate of drug-likeness (QED) is 0.849. The lowest BCUT2D eigenvalue weighted by Crippen LogP contribution is -2.27. The van der Waals surface area contributed by atoms with Gasteiger partial charge in [0.1, 0.15) is 6.67 Å². The van der Waals surface area contributed by atoms with E-state index in [9.17, 15) is 0 Å². The lowest BCUT2D eigenvalue weighted by Gasteiger charge is -2.18. The average Bonchev–Trinajstić information content (AvgIpc) is 2.80. The van der Waals surface area contributed by atoms with Crippen molar-refractivity contribution < 1.29 is 0 Å². The number of hydrazone groups is 2. The molecule has 1 aromatic carbocycles. The van der Waals surface area contributed by atoms with E-state index in [2.05, 4.69) is 15.6 Å². The molecule has 3 rings (SSSR count). The monoisotopic (exact) mass is 266 g/mol. The summed E-state index contributed by atoms with van der Waals surface area (Å²) in [5.74, 6) is 0.652. The number of halogens is 2. The second kappa shape index (κ2) is 4.05. The largest absolute Gasteiger partial charge is 0.286 e. The van der Waals surface area contributed by atoms with E-state index < -0.39 is 0 Å². The van der Waals surface area contributed by atoms with Crippen LogP contribution >= 0.6 is 23.2 Å². The van der Waals surface area contributed by atoms with Crippen LogP contribution in [0.25, 0.3) is 5.57 Å². The summed E-state index contributed by atoms with van der Waals surface area (Å²) in [5.41, 5.74) is 4.66. The molecule has 2 heterocycles. The zero-order chi connectivity index (χ0) is 11.8. The second-order valence-corrected chi connectivity index (χ2v) is 4.44. The fourth-order valence-electron chi connectivity index (χ4n) is 1.70. The molecular weight excluding hydrogens is 259 g/mol. The van der Waals surface area contributed by atoms with E-state index in [-0.39, 0.29) is 0 Å². The Kier molecular flexibility index (Phi) is 2.53. The first-order chi connectivity index (χ1) is 8.25. The molecule has 0 unspecified atom stereocenters. The van der Waals surface area contributed by atoms with Crippen LogP contribution in [0.3, 0.4) is 0 Å². The molecule has 0 spiro atoms. The van der Waals surface area contributed by atoms with Crippen LogP contribution < -0.4 is 5.43 Å². The second-order valence-electron chi connectivity index (χ2n) is 3.63. The molecule has 0 aromatic heterocycles. The van der Waals surface area contributed by atoms with Crippen LogP contribution in [0, 0.1) is 0 Å². The standard InChI is InChI=1S/C11H8Cl2N4/c12-8-3-1-7(2-4-8)9-5-15-17-6-14-16-11(17)10(9)13/h1-5,14H,6H2. The Morgan fingerprint density at radius 2 is 1.94 bits per heavy atom. The Hall–Kier alpha value is -1.52. The zero-order valence-corrected chi connectivity index (χ0v) is 10.2. The van der Waals surface area contributed by atoms with Crippen molar-refractivity contribution in [3.63, 3.8) is 0 Å².